The summed E-state index contributed by atoms with van der Waals surface area (Å²) in [6.07, 6.45) is 2.19. The maximum absolute atomic E-state index is 15.7. The van der Waals surface area contributed by atoms with E-state index >= 15 is 4.39 Å². The number of hydrogen-bond acceptors (Lipinski definition) is 10. The number of carbonyl (C=O) groups excluding carboxylic acids is 3. The van der Waals surface area contributed by atoms with Gasteiger partial charge in [-0.15, -0.1) is 0 Å². The van der Waals surface area contributed by atoms with Crippen molar-refractivity contribution >= 4 is 47.6 Å². The predicted molar refractivity (Wildman–Crippen MR) is 192 cm³/mol. The van der Waals surface area contributed by atoms with E-state index < -0.39 is 36.5 Å². The van der Waals surface area contributed by atoms with Gasteiger partial charge in [0.15, 0.2) is 23.1 Å². The third-order valence-corrected chi connectivity index (χ3v) is 10.6. The van der Waals surface area contributed by atoms with Gasteiger partial charge in [-0.1, -0.05) is 0 Å². The summed E-state index contributed by atoms with van der Waals surface area (Å²) in [4.78, 5) is 45.1. The number of aromatic nitrogens is 1. The lowest BCUT2D eigenvalue weighted by atomic mass is 10.0. The molecule has 1 heterocycles. The van der Waals surface area contributed by atoms with E-state index in [-0.39, 0.29) is 74.3 Å². The zero-order valence-corrected chi connectivity index (χ0v) is 30.7. The van der Waals surface area contributed by atoms with Crippen LogP contribution in [-0.2, 0) is 28.0 Å². The average Bonchev–Trinajstić information content (AvgIpc) is 3.94. The fourth-order valence-corrected chi connectivity index (χ4v) is 7.47. The summed E-state index contributed by atoms with van der Waals surface area (Å²) in [5, 5.41) is 0.478. The van der Waals surface area contributed by atoms with Gasteiger partial charge >= 0.3 is 7.60 Å². The Morgan fingerprint density at radius 1 is 0.906 bits per heavy atom. The van der Waals surface area contributed by atoms with Crippen LogP contribution >= 0.6 is 7.60 Å². The van der Waals surface area contributed by atoms with Crippen molar-refractivity contribution < 1.29 is 51.0 Å². The number of carbonyl (C=O) groups is 3. The van der Waals surface area contributed by atoms with E-state index in [0.29, 0.717) is 28.8 Å². The zero-order valence-electron chi connectivity index (χ0n) is 29.8. The number of amides is 3. The number of pyridine rings is 1. The number of benzene rings is 3. The third kappa shape index (κ3) is 8.93. The molecule has 2 N–H and O–H groups in total. The van der Waals surface area contributed by atoms with Gasteiger partial charge in [-0.2, -0.15) is 0 Å². The van der Waals surface area contributed by atoms with Crippen LogP contribution in [0.15, 0.2) is 66.9 Å². The maximum Gasteiger partial charge on any atom is 0.349 e. The molecule has 13 nitrogen and oxygen atoms in total. The highest BCUT2D eigenvalue weighted by molar-refractivity contribution is 7.53. The van der Waals surface area contributed by atoms with Crippen molar-refractivity contribution in [3.63, 3.8) is 0 Å². The minimum Gasteiger partial charge on any atom is -0.493 e. The van der Waals surface area contributed by atoms with Crippen molar-refractivity contribution in [1.82, 2.24) is 9.88 Å². The molecule has 0 aliphatic heterocycles. The number of anilines is 2. The summed E-state index contributed by atoms with van der Waals surface area (Å²) >= 11 is 0. The van der Waals surface area contributed by atoms with Gasteiger partial charge < -0.3 is 33.9 Å². The zero-order chi connectivity index (χ0) is 38.3. The van der Waals surface area contributed by atoms with Gasteiger partial charge in [0.1, 0.15) is 23.3 Å². The molecule has 16 heteroatoms. The van der Waals surface area contributed by atoms with Crippen LogP contribution in [0, 0.1) is 17.0 Å². The molecule has 5 rings (SSSR count). The van der Waals surface area contributed by atoms with E-state index in [1.807, 2.05) is 0 Å². The van der Waals surface area contributed by atoms with Crippen molar-refractivity contribution in [2.75, 3.05) is 44.7 Å². The molecule has 1 aromatic heterocycles. The Labute approximate surface area is 305 Å². The van der Waals surface area contributed by atoms with Crippen LogP contribution < -0.4 is 24.8 Å². The van der Waals surface area contributed by atoms with Crippen LogP contribution in [0.2, 0.25) is 0 Å². The van der Waals surface area contributed by atoms with Gasteiger partial charge in [0.25, 0.3) is 0 Å². The molecule has 0 radical (unpaired) electrons. The summed E-state index contributed by atoms with van der Waals surface area (Å²) in [7, 11) is -2.03. The third-order valence-electron chi connectivity index (χ3n) is 8.57. The van der Waals surface area contributed by atoms with E-state index in [0.717, 1.165) is 23.1 Å². The molecule has 1 saturated carbocycles. The first kappa shape index (κ1) is 39.1. The largest absolute Gasteiger partial charge is 0.493 e. The Bertz CT molecular complexity index is 2020. The Kier molecular flexibility index (Phi) is 12.3. The van der Waals surface area contributed by atoms with E-state index in [1.54, 1.807) is 32.0 Å². The maximum atomic E-state index is 15.7. The number of hydrogen-bond donors (Lipinski definition) is 1. The van der Waals surface area contributed by atoms with Gasteiger partial charge in [0, 0.05) is 42.9 Å². The van der Waals surface area contributed by atoms with Gasteiger partial charge in [0.05, 0.1) is 38.1 Å². The molecular weight excluding hydrogens is 713 g/mol. The summed E-state index contributed by atoms with van der Waals surface area (Å²) in [5.41, 5.74) is 4.90. The van der Waals surface area contributed by atoms with Gasteiger partial charge in [-0.3, -0.25) is 28.8 Å². The van der Waals surface area contributed by atoms with Crippen molar-refractivity contribution in [1.29, 1.82) is 0 Å². The summed E-state index contributed by atoms with van der Waals surface area (Å²) in [6.45, 7) is 5.53. The Morgan fingerprint density at radius 3 is 2.17 bits per heavy atom. The van der Waals surface area contributed by atoms with Crippen LogP contribution in [0.4, 0.5) is 20.2 Å². The van der Waals surface area contributed by atoms with Crippen LogP contribution in [0.3, 0.4) is 0 Å². The molecule has 0 unspecified atom stereocenters. The number of methoxy groups -OCH3 is 1. The summed E-state index contributed by atoms with van der Waals surface area (Å²) in [6, 6.07) is 13.7. The highest BCUT2D eigenvalue weighted by atomic mass is 31.2. The number of nitrogens with zero attached hydrogens (tertiary/aromatic N) is 3. The smallest absolute Gasteiger partial charge is 0.349 e. The molecule has 0 atom stereocenters. The fourth-order valence-electron chi connectivity index (χ4n) is 5.68. The quantitative estimate of drug-likeness (QED) is 0.0632. The van der Waals surface area contributed by atoms with Gasteiger partial charge in [-0.25, -0.2) is 8.78 Å². The highest BCUT2D eigenvalue weighted by Crippen LogP contribution is 2.50. The van der Waals surface area contributed by atoms with E-state index in [9.17, 15) is 23.3 Å². The fraction of sp³-hybridized carbons (Fsp3) is 0.351. The number of halogens is 2. The normalized spacial score (nSPS) is 13.3. The van der Waals surface area contributed by atoms with Crippen LogP contribution in [-0.4, -0.2) is 67.4 Å². The molecule has 3 amide bonds. The Hall–Kier alpha value is -5.11. The molecule has 0 spiro atoms. The van der Waals surface area contributed by atoms with E-state index in [1.165, 1.54) is 49.4 Å². The number of fused-ring (bicyclic) bond motifs is 1. The molecule has 1 aliphatic rings. The second kappa shape index (κ2) is 16.7. The summed E-state index contributed by atoms with van der Waals surface area (Å²) in [5.74, 6) is -2.29. The second-order valence-corrected chi connectivity index (χ2v) is 14.2. The van der Waals surface area contributed by atoms with E-state index in [4.69, 9.17) is 29.0 Å². The van der Waals surface area contributed by atoms with Crippen molar-refractivity contribution in [3.8, 4) is 23.0 Å². The highest BCUT2D eigenvalue weighted by Gasteiger charge is 2.57. The Balaban J connectivity index is 1.33. The van der Waals surface area contributed by atoms with Crippen molar-refractivity contribution in [3.05, 3.63) is 78.5 Å². The first-order valence-corrected chi connectivity index (χ1v) is 18.7. The van der Waals surface area contributed by atoms with Crippen LogP contribution in [0.25, 0.3) is 10.9 Å². The topological polar surface area (TPSA) is 160 Å². The molecule has 3 aromatic carbocycles. The number of ether oxygens (including phenoxy) is 3. The molecule has 1 fully saturated rings. The van der Waals surface area contributed by atoms with Gasteiger partial charge in [-0.05, 0) is 81.6 Å². The first-order valence-electron chi connectivity index (χ1n) is 16.9. The molecular formula is C37H41F2N4O9P. The van der Waals surface area contributed by atoms with Crippen molar-refractivity contribution in [2.24, 2.45) is 11.1 Å². The molecule has 1 aliphatic carbocycles. The molecule has 0 bridgehead atoms. The van der Waals surface area contributed by atoms with Crippen LogP contribution in [0.5, 0.6) is 23.0 Å². The minimum absolute atomic E-state index is 0.0889. The molecule has 53 heavy (non-hydrogen) atoms. The van der Waals surface area contributed by atoms with Crippen molar-refractivity contribution in [2.45, 2.75) is 40.0 Å². The molecule has 282 valence electrons. The number of primary amides is 1. The predicted octanol–water partition coefficient (Wildman–Crippen LogP) is 7.09. The number of nitrogens with two attached hydrogens (primary N) is 1. The average molecular weight is 755 g/mol. The monoisotopic (exact) mass is 754 g/mol. The Morgan fingerprint density at radius 2 is 1.58 bits per heavy atom. The first-order chi connectivity index (χ1) is 25.3. The van der Waals surface area contributed by atoms with Gasteiger partial charge in [0.2, 0.25) is 17.7 Å². The lowest BCUT2D eigenvalue weighted by Gasteiger charge is -2.26. The van der Waals surface area contributed by atoms with Crippen LogP contribution in [0.1, 0.15) is 40.0 Å². The second-order valence-electron chi connectivity index (χ2n) is 12.2. The lowest BCUT2D eigenvalue weighted by molar-refractivity contribution is -0.133. The van der Waals surface area contributed by atoms with E-state index in [2.05, 4.69) is 4.98 Å². The summed E-state index contributed by atoms with van der Waals surface area (Å²) < 4.78 is 70.7. The minimum atomic E-state index is -3.48. The lowest BCUT2D eigenvalue weighted by Crippen LogP contribution is -2.41. The number of rotatable bonds is 18. The SMILES string of the molecule is CCOP(=O)(CN(CCCOc1cc2nccc(Oc3ccc(N(C(=O)C4(C(N)=O)CC4)c4ccc(F)cc4)cc3F)c2cc1OC)C(C)=O)OCC. The molecule has 4 aromatic rings. The standard InChI is InChI=1S/C37H41F2N4O9P/c1-5-50-53(47,51-6-2)23-42(24(3)44)18-7-19-49-34-22-30-28(21-33(34)48-4)31(14-17-41-30)52-32-13-12-27(20-29(32)39)43(26-10-8-25(38)9-11-26)36(46)37(15-16-37)35(40)45/h8-14,17,20-22H,5-7,15-16,18-19,23H2,1-4H3,(H2,40,45). The molecule has 0 saturated heterocycles.